The van der Waals surface area contributed by atoms with E-state index in [0.717, 1.165) is 50.2 Å². The van der Waals surface area contributed by atoms with Gasteiger partial charge >= 0.3 is 12.4 Å². The van der Waals surface area contributed by atoms with Crippen LogP contribution in [0.4, 0.5) is 35.1 Å². The van der Waals surface area contributed by atoms with E-state index < -0.39 is 230 Å². The molecule has 7 fully saturated rings. The van der Waals surface area contributed by atoms with Crippen LogP contribution in [0.1, 0.15) is 188 Å². The Kier molecular flexibility index (Phi) is 30.6. The van der Waals surface area contributed by atoms with Crippen LogP contribution < -0.4 is 16.0 Å². The summed E-state index contributed by atoms with van der Waals surface area (Å²) in [5, 5.41) is 8.49. The summed E-state index contributed by atoms with van der Waals surface area (Å²) in [7, 11) is 11.0. The molecule has 3 heterocycles. The Hall–Kier alpha value is -7.22. The molecule has 0 aromatic rings. The van der Waals surface area contributed by atoms with Crippen LogP contribution in [0.5, 0.6) is 0 Å². The second-order valence-electron chi connectivity index (χ2n) is 32.9. The number of rotatable bonds is 13. The second-order valence-corrected chi connectivity index (χ2v) is 32.9. The lowest BCUT2D eigenvalue weighted by Gasteiger charge is -2.46. The third kappa shape index (κ3) is 21.2. The number of carbonyl (C=O) groups is 12. The average Bonchev–Trinajstić information content (AvgIpc) is 1.58. The zero-order valence-corrected chi connectivity index (χ0v) is 65.8. The molecule has 2 saturated heterocycles. The summed E-state index contributed by atoms with van der Waals surface area (Å²) in [5.41, 5.74) is -1.69. The molecular formula is C77H118F8N12O13. The molecule has 2 bridgehead atoms. The standard InChI is InChI=1S/C77H118F8N12O13/c1-12-45(3)64-72(107)91(7)44-62(100)92(8)55-26-15-14-20-35-96(71(55)106)59(39-47-27-30-50(31-28-47)76(80,81)82)70(105)90(6)43-60(98)86-54(32-29-48-36-52(78)63(53(79)37-48)77(83,84)85)68(103)97-42-51(110-13-2)40-57(97)67(102)88-75(33-21-34-75)74(109)95(11)65(49-24-18-19-25-49)73(108)94(10)58(69(104)89(4)5)41-61(99)93(9)56(66(101)87-64)38-46-22-16-17-23-46/h14-15,45-59,63-65H,12-13,16-44H2,1-11H3,(H,86,98)(H,87,101)(H,88,102)/b15-14-/t45-,47?,48?,50?,51+,52?,53?,54-,55-,56-,57-,58-,59-,63?,64-,65-/m0/s1. The maximum Gasteiger partial charge on any atom is 0.397 e. The van der Waals surface area contributed by atoms with Gasteiger partial charge in [0.15, 0.2) is 0 Å². The lowest BCUT2D eigenvalue weighted by atomic mass is 9.74. The number of fused-ring (bicyclic) bond motifs is 3. The van der Waals surface area contributed by atoms with Gasteiger partial charge in [0.25, 0.3) is 0 Å². The Morgan fingerprint density at radius 2 is 1.21 bits per heavy atom. The number of likely N-dealkylation sites (N-methyl/N-ethyl adjacent to an activating group) is 7. The molecule has 12 amide bonds. The third-order valence-electron chi connectivity index (χ3n) is 25.2. The fourth-order valence-corrected chi connectivity index (χ4v) is 18.1. The van der Waals surface area contributed by atoms with Crippen molar-refractivity contribution in [1.82, 2.24) is 60.0 Å². The van der Waals surface area contributed by atoms with Gasteiger partial charge in [0, 0.05) is 82.5 Å². The van der Waals surface area contributed by atoms with Crippen molar-refractivity contribution in [3.63, 3.8) is 0 Å². The van der Waals surface area contributed by atoms with E-state index in [9.17, 15) is 45.5 Å². The van der Waals surface area contributed by atoms with E-state index in [4.69, 9.17) is 4.74 Å². The number of halogens is 8. The van der Waals surface area contributed by atoms with Crippen LogP contribution in [0.25, 0.3) is 0 Å². The summed E-state index contributed by atoms with van der Waals surface area (Å²) in [6.07, 6.45) is -9.79. The van der Waals surface area contributed by atoms with Gasteiger partial charge in [-0.1, -0.05) is 70.9 Å². The van der Waals surface area contributed by atoms with Crippen LogP contribution >= 0.6 is 0 Å². The van der Waals surface area contributed by atoms with E-state index in [1.807, 2.05) is 0 Å². The van der Waals surface area contributed by atoms with Crippen LogP contribution in [0.3, 0.4) is 0 Å². The molecule has 0 aromatic heterocycles. The van der Waals surface area contributed by atoms with E-state index in [1.165, 1.54) is 76.0 Å². The molecule has 3 aliphatic heterocycles. The molecule has 8 aliphatic rings. The van der Waals surface area contributed by atoms with Crippen LogP contribution in [0.2, 0.25) is 0 Å². The third-order valence-corrected chi connectivity index (χ3v) is 25.2. The van der Waals surface area contributed by atoms with Crippen molar-refractivity contribution in [2.75, 3.05) is 89.2 Å². The number of hydrogen-bond acceptors (Lipinski definition) is 13. The smallest absolute Gasteiger partial charge is 0.377 e. The van der Waals surface area contributed by atoms with Gasteiger partial charge in [-0.3, -0.25) is 57.5 Å². The summed E-state index contributed by atoms with van der Waals surface area (Å²) in [5.74, 6) is -16.6. The Morgan fingerprint density at radius 1 is 0.609 bits per heavy atom. The van der Waals surface area contributed by atoms with Crippen molar-refractivity contribution in [3.8, 4) is 0 Å². The van der Waals surface area contributed by atoms with Gasteiger partial charge in [0.05, 0.1) is 31.5 Å². The van der Waals surface area contributed by atoms with Crippen LogP contribution in [-0.2, 0) is 62.3 Å². The minimum atomic E-state index is -5.22. The summed E-state index contributed by atoms with van der Waals surface area (Å²) in [6.45, 7) is 3.30. The van der Waals surface area contributed by atoms with Crippen molar-refractivity contribution in [2.24, 2.45) is 41.4 Å². The average molecular weight is 1570 g/mol. The highest BCUT2D eigenvalue weighted by Crippen LogP contribution is 2.46. The van der Waals surface area contributed by atoms with Crippen molar-refractivity contribution in [3.05, 3.63) is 12.2 Å². The van der Waals surface area contributed by atoms with Gasteiger partial charge in [-0.2, -0.15) is 26.3 Å². The van der Waals surface area contributed by atoms with Gasteiger partial charge in [-0.25, -0.2) is 8.78 Å². The van der Waals surface area contributed by atoms with Gasteiger partial charge in [0.1, 0.15) is 72.1 Å². The van der Waals surface area contributed by atoms with Crippen LogP contribution in [-0.4, -0.2) is 289 Å². The summed E-state index contributed by atoms with van der Waals surface area (Å²) < 4.78 is 121. The Bertz CT molecular complexity index is 3300. The predicted octanol–water partition coefficient (Wildman–Crippen LogP) is 6.89. The van der Waals surface area contributed by atoms with Gasteiger partial charge < -0.3 is 64.8 Å². The number of nitrogens with one attached hydrogen (secondary N) is 3. The SMILES string of the molecule is CCO[C@@H]1C[C@H]2C(=O)NC3(CCC3)C(=O)N(C)[C@@H](C3CCCC3)C(=O)N(C)[C@H](C(=O)N(C)C)CC(=O)N(C)[C@@H](CC3CCCC3)C(=O)N[C@@H]([C@@H](C)CC)C(=O)N(C)CC(=O)N(C)[C@H]3C/C=C\CCN(C3=O)[C@@H](CC3CCC(C(F)(F)F)CC3)C(=O)N(C)CC(=O)N[C@@H](CCC3CC(F)C(C(F)(F)F)C(F)C3)C(=O)N2C1. The fourth-order valence-electron chi connectivity index (χ4n) is 18.1. The molecule has 5 saturated carbocycles. The fraction of sp³-hybridized carbons (Fsp3) is 0.818. The molecule has 12 atom stereocenters. The second kappa shape index (κ2) is 38.1. The van der Waals surface area contributed by atoms with E-state index >= 15 is 47.1 Å². The summed E-state index contributed by atoms with van der Waals surface area (Å²) in [6, 6.07) is -11.3. The number of hydrogen-bond donors (Lipinski definition) is 3. The Balaban J connectivity index is 1.20. The van der Waals surface area contributed by atoms with Gasteiger partial charge in [0.2, 0.25) is 70.9 Å². The Morgan fingerprint density at radius 3 is 1.78 bits per heavy atom. The molecule has 0 radical (unpaired) electrons. The molecule has 620 valence electrons. The number of nitrogens with zero attached hydrogens (tertiary/aromatic N) is 9. The predicted molar refractivity (Wildman–Crippen MR) is 388 cm³/mol. The maximum absolute atomic E-state index is 15.6. The van der Waals surface area contributed by atoms with Crippen molar-refractivity contribution in [2.45, 2.75) is 272 Å². The van der Waals surface area contributed by atoms with E-state index in [0.29, 0.717) is 38.5 Å². The largest absolute Gasteiger partial charge is 0.397 e. The first-order chi connectivity index (χ1) is 51.7. The molecule has 1 spiro atoms. The lowest BCUT2D eigenvalue weighted by molar-refractivity contribution is -0.219. The lowest BCUT2D eigenvalue weighted by Crippen LogP contribution is -2.68. The molecule has 8 rings (SSSR count). The first kappa shape index (κ1) is 88.3. The number of ether oxygens (including phenoxy) is 1. The molecule has 5 aliphatic carbocycles. The number of alkyl halides is 8. The first-order valence-electron chi connectivity index (χ1n) is 39.7. The highest BCUT2D eigenvalue weighted by molar-refractivity contribution is 6.01. The Labute approximate surface area is 641 Å². The van der Waals surface area contributed by atoms with Crippen molar-refractivity contribution < 1.29 is 97.4 Å². The highest BCUT2D eigenvalue weighted by atomic mass is 19.4. The summed E-state index contributed by atoms with van der Waals surface area (Å²) >= 11 is 0. The minimum absolute atomic E-state index is 0.00230. The molecule has 25 nitrogen and oxygen atoms in total. The first-order valence-corrected chi connectivity index (χ1v) is 39.7. The van der Waals surface area contributed by atoms with Gasteiger partial charge in [-0.15, -0.1) is 0 Å². The topological polar surface area (TPSA) is 279 Å². The van der Waals surface area contributed by atoms with Crippen molar-refractivity contribution >= 4 is 70.9 Å². The molecule has 3 N–H and O–H groups in total. The number of carbonyl (C=O) groups excluding carboxylic acids is 12. The normalized spacial score (nSPS) is 32.5. The molecular weight excluding hydrogens is 1450 g/mol. The van der Waals surface area contributed by atoms with Crippen LogP contribution in [0.15, 0.2) is 12.2 Å². The zero-order chi connectivity index (χ0) is 81.2. The monoisotopic (exact) mass is 1570 g/mol. The molecule has 2 unspecified atom stereocenters. The molecule has 33 heteroatoms. The molecule has 110 heavy (non-hydrogen) atoms. The zero-order valence-electron chi connectivity index (χ0n) is 65.8. The van der Waals surface area contributed by atoms with E-state index in [2.05, 4.69) is 16.0 Å². The van der Waals surface area contributed by atoms with Gasteiger partial charge in [-0.05, 0) is 146 Å². The van der Waals surface area contributed by atoms with Crippen LogP contribution in [0, 0.1) is 41.4 Å². The maximum atomic E-state index is 15.6. The highest BCUT2D eigenvalue weighted by Gasteiger charge is 2.56. The quantitative estimate of drug-likeness (QED) is 0.125. The number of amides is 12. The minimum Gasteiger partial charge on any atom is -0.377 e. The summed E-state index contributed by atoms with van der Waals surface area (Å²) in [4.78, 5) is 192. The van der Waals surface area contributed by atoms with E-state index in [1.54, 1.807) is 32.9 Å². The molecule has 0 aromatic carbocycles. The van der Waals surface area contributed by atoms with Crippen molar-refractivity contribution in [1.29, 1.82) is 0 Å². The van der Waals surface area contributed by atoms with E-state index in [-0.39, 0.29) is 103 Å².